The molecule has 0 spiro atoms. The Labute approximate surface area is 94.1 Å². The topological polar surface area (TPSA) is 23.5 Å². The van der Waals surface area contributed by atoms with Crippen molar-refractivity contribution in [2.45, 2.75) is 25.9 Å². The van der Waals surface area contributed by atoms with E-state index in [0.717, 1.165) is 10.9 Å². The average Bonchev–Trinajstić information content (AvgIpc) is 2.51. The minimum Gasteiger partial charge on any atom is -0.394 e. The SMILES string of the molecule is CN(Cc1ccc(Cl)s1)C(C)(C)CO. The van der Waals surface area contributed by atoms with Crippen LogP contribution in [0.15, 0.2) is 12.1 Å². The fraction of sp³-hybridized carbons (Fsp3) is 0.600. The van der Waals surface area contributed by atoms with Gasteiger partial charge in [-0.25, -0.2) is 0 Å². The van der Waals surface area contributed by atoms with Crippen LogP contribution in [0.4, 0.5) is 0 Å². The van der Waals surface area contributed by atoms with Crippen molar-refractivity contribution in [3.8, 4) is 0 Å². The lowest BCUT2D eigenvalue weighted by Crippen LogP contribution is -2.43. The maximum Gasteiger partial charge on any atom is 0.0931 e. The van der Waals surface area contributed by atoms with E-state index in [1.807, 2.05) is 33.0 Å². The third kappa shape index (κ3) is 2.95. The van der Waals surface area contributed by atoms with E-state index in [1.165, 1.54) is 4.88 Å². The molecular formula is C10H16ClNOS. The molecule has 0 bridgehead atoms. The van der Waals surface area contributed by atoms with Gasteiger partial charge >= 0.3 is 0 Å². The summed E-state index contributed by atoms with van der Waals surface area (Å²) >= 11 is 7.43. The van der Waals surface area contributed by atoms with Crippen LogP contribution in [0.5, 0.6) is 0 Å². The molecule has 1 N–H and O–H groups in total. The van der Waals surface area contributed by atoms with Crippen LogP contribution in [0.3, 0.4) is 0 Å². The lowest BCUT2D eigenvalue weighted by atomic mass is 10.1. The monoisotopic (exact) mass is 233 g/mol. The maximum atomic E-state index is 9.18. The van der Waals surface area contributed by atoms with Gasteiger partial charge < -0.3 is 5.11 Å². The summed E-state index contributed by atoms with van der Waals surface area (Å²) < 4.78 is 0.815. The molecule has 0 saturated heterocycles. The largest absolute Gasteiger partial charge is 0.394 e. The van der Waals surface area contributed by atoms with Gasteiger partial charge in [0.25, 0.3) is 0 Å². The minimum atomic E-state index is -0.184. The van der Waals surface area contributed by atoms with Gasteiger partial charge in [0.15, 0.2) is 0 Å². The Kier molecular flexibility index (Phi) is 3.95. The van der Waals surface area contributed by atoms with Crippen LogP contribution in [0.1, 0.15) is 18.7 Å². The number of hydrogen-bond donors (Lipinski definition) is 1. The molecule has 0 aliphatic rings. The zero-order chi connectivity index (χ0) is 10.8. The van der Waals surface area contributed by atoms with E-state index in [-0.39, 0.29) is 12.1 Å². The van der Waals surface area contributed by atoms with E-state index in [1.54, 1.807) is 11.3 Å². The highest BCUT2D eigenvalue weighted by Gasteiger charge is 2.22. The number of halogens is 1. The third-order valence-electron chi connectivity index (χ3n) is 2.44. The van der Waals surface area contributed by atoms with Crippen LogP contribution in [0.2, 0.25) is 4.34 Å². The summed E-state index contributed by atoms with van der Waals surface area (Å²) in [6.07, 6.45) is 0. The molecule has 1 aromatic rings. The van der Waals surface area contributed by atoms with E-state index in [2.05, 4.69) is 4.90 Å². The molecule has 1 heterocycles. The van der Waals surface area contributed by atoms with Crippen LogP contribution in [-0.2, 0) is 6.54 Å². The number of aliphatic hydroxyl groups excluding tert-OH is 1. The fourth-order valence-electron chi connectivity index (χ4n) is 1.01. The number of thiophene rings is 1. The van der Waals surface area contributed by atoms with Crippen molar-refractivity contribution in [2.24, 2.45) is 0 Å². The average molecular weight is 234 g/mol. The smallest absolute Gasteiger partial charge is 0.0931 e. The number of hydrogen-bond acceptors (Lipinski definition) is 3. The number of aliphatic hydroxyl groups is 1. The molecule has 1 aromatic heterocycles. The molecule has 80 valence electrons. The van der Waals surface area contributed by atoms with Crippen molar-refractivity contribution in [3.05, 3.63) is 21.3 Å². The Morgan fingerprint density at radius 1 is 1.50 bits per heavy atom. The van der Waals surface area contributed by atoms with E-state index in [4.69, 9.17) is 11.6 Å². The standard InChI is InChI=1S/C10H16ClNOS/c1-10(2,7-13)12(3)6-8-4-5-9(11)14-8/h4-5,13H,6-7H2,1-3H3. The first-order valence-corrected chi connectivity index (χ1v) is 5.71. The normalized spacial score (nSPS) is 12.4. The molecule has 4 heteroatoms. The molecule has 14 heavy (non-hydrogen) atoms. The van der Waals surface area contributed by atoms with Crippen LogP contribution >= 0.6 is 22.9 Å². The molecule has 0 radical (unpaired) electrons. The molecule has 1 rings (SSSR count). The molecule has 0 fully saturated rings. The molecule has 0 aliphatic heterocycles. The van der Waals surface area contributed by atoms with Gasteiger partial charge in [-0.3, -0.25) is 4.90 Å². The van der Waals surface area contributed by atoms with Crippen LogP contribution < -0.4 is 0 Å². The molecule has 2 nitrogen and oxygen atoms in total. The number of nitrogens with zero attached hydrogens (tertiary/aromatic N) is 1. The summed E-state index contributed by atoms with van der Waals surface area (Å²) in [5.41, 5.74) is -0.184. The number of rotatable bonds is 4. The highest BCUT2D eigenvalue weighted by atomic mass is 35.5. The number of likely N-dealkylation sites (N-methyl/N-ethyl adjacent to an activating group) is 1. The minimum absolute atomic E-state index is 0.155. The van der Waals surface area contributed by atoms with Crippen molar-refractivity contribution in [3.63, 3.8) is 0 Å². The second-order valence-corrected chi connectivity index (χ2v) is 5.83. The van der Waals surface area contributed by atoms with Gasteiger partial charge in [0.1, 0.15) is 0 Å². The van der Waals surface area contributed by atoms with Crippen LogP contribution in [0.25, 0.3) is 0 Å². The molecule has 0 atom stereocenters. The molecule has 0 amide bonds. The van der Waals surface area contributed by atoms with Crippen molar-refractivity contribution in [1.29, 1.82) is 0 Å². The molecule has 0 aromatic carbocycles. The first-order chi connectivity index (χ1) is 6.45. The van der Waals surface area contributed by atoms with Gasteiger partial charge in [0.2, 0.25) is 0 Å². The van der Waals surface area contributed by atoms with Gasteiger partial charge in [-0.2, -0.15) is 0 Å². The quantitative estimate of drug-likeness (QED) is 0.864. The molecule has 0 unspecified atom stereocenters. The van der Waals surface area contributed by atoms with Gasteiger partial charge in [-0.1, -0.05) is 11.6 Å². The highest BCUT2D eigenvalue weighted by Crippen LogP contribution is 2.24. The van der Waals surface area contributed by atoms with E-state index < -0.39 is 0 Å². The highest BCUT2D eigenvalue weighted by molar-refractivity contribution is 7.16. The van der Waals surface area contributed by atoms with Gasteiger partial charge in [-0.15, -0.1) is 11.3 Å². The summed E-state index contributed by atoms with van der Waals surface area (Å²) in [7, 11) is 2.00. The summed E-state index contributed by atoms with van der Waals surface area (Å²) in [6.45, 7) is 5.01. The fourth-order valence-corrected chi connectivity index (χ4v) is 2.15. The van der Waals surface area contributed by atoms with Gasteiger partial charge in [-0.05, 0) is 33.0 Å². The summed E-state index contributed by atoms with van der Waals surface area (Å²) in [5.74, 6) is 0. The van der Waals surface area contributed by atoms with E-state index in [0.29, 0.717) is 0 Å². The Balaban J connectivity index is 2.61. The van der Waals surface area contributed by atoms with Gasteiger partial charge in [0.05, 0.1) is 10.9 Å². The van der Waals surface area contributed by atoms with E-state index in [9.17, 15) is 5.11 Å². The van der Waals surface area contributed by atoms with Crippen molar-refractivity contribution in [2.75, 3.05) is 13.7 Å². The Morgan fingerprint density at radius 3 is 2.57 bits per heavy atom. The Morgan fingerprint density at radius 2 is 2.14 bits per heavy atom. The molecular weight excluding hydrogens is 218 g/mol. The first kappa shape index (κ1) is 12.0. The predicted octanol–water partition coefficient (Wildman–Crippen LogP) is 2.60. The van der Waals surface area contributed by atoms with Crippen LogP contribution in [0, 0.1) is 0 Å². The Hall–Kier alpha value is -0.0900. The van der Waals surface area contributed by atoms with Gasteiger partial charge in [0, 0.05) is 17.0 Å². The van der Waals surface area contributed by atoms with Crippen LogP contribution in [-0.4, -0.2) is 29.2 Å². The van der Waals surface area contributed by atoms with Crippen molar-refractivity contribution >= 4 is 22.9 Å². The third-order valence-corrected chi connectivity index (χ3v) is 3.66. The summed E-state index contributed by atoms with van der Waals surface area (Å²) in [4.78, 5) is 3.34. The summed E-state index contributed by atoms with van der Waals surface area (Å²) in [6, 6.07) is 3.93. The lowest BCUT2D eigenvalue weighted by molar-refractivity contribution is 0.0741. The molecule has 0 saturated carbocycles. The molecule has 0 aliphatic carbocycles. The second-order valence-electron chi connectivity index (χ2n) is 4.03. The zero-order valence-corrected chi connectivity index (χ0v) is 10.3. The summed E-state index contributed by atoms with van der Waals surface area (Å²) in [5, 5.41) is 9.18. The predicted molar refractivity (Wildman–Crippen MR) is 62.0 cm³/mol. The lowest BCUT2D eigenvalue weighted by Gasteiger charge is -2.33. The van der Waals surface area contributed by atoms with Crippen molar-refractivity contribution < 1.29 is 5.11 Å². The van der Waals surface area contributed by atoms with E-state index >= 15 is 0 Å². The zero-order valence-electron chi connectivity index (χ0n) is 8.75. The maximum absolute atomic E-state index is 9.18. The van der Waals surface area contributed by atoms with Crippen molar-refractivity contribution in [1.82, 2.24) is 4.90 Å². The Bertz CT molecular complexity index is 298. The second kappa shape index (κ2) is 4.62. The first-order valence-electron chi connectivity index (χ1n) is 4.52.